The standard InChI is InChI=1S/C16H23FN2OS/c17-13-7-8-15(14(18)10-13)19-16(20)6-3-9-21-11-12-4-1-2-5-12/h7-8,10,12H,1-6,9,11,18H2,(H,19,20). The molecule has 0 unspecified atom stereocenters. The molecule has 0 spiro atoms. The van der Waals surface area contributed by atoms with E-state index in [0.29, 0.717) is 12.1 Å². The largest absolute Gasteiger partial charge is 0.397 e. The molecule has 1 aliphatic rings. The number of carbonyl (C=O) groups excluding carboxylic acids is 1. The molecule has 3 N–H and O–H groups in total. The van der Waals surface area contributed by atoms with E-state index in [1.807, 2.05) is 11.8 Å². The maximum absolute atomic E-state index is 12.9. The second-order valence-electron chi connectivity index (χ2n) is 5.61. The molecule has 0 aromatic heterocycles. The van der Waals surface area contributed by atoms with Crippen LogP contribution in [0.3, 0.4) is 0 Å². The molecule has 3 nitrogen and oxygen atoms in total. The van der Waals surface area contributed by atoms with Crippen LogP contribution in [0, 0.1) is 11.7 Å². The minimum absolute atomic E-state index is 0.0604. The van der Waals surface area contributed by atoms with E-state index in [4.69, 9.17) is 5.73 Å². The van der Waals surface area contributed by atoms with Crippen LogP contribution in [0.15, 0.2) is 18.2 Å². The molecule has 1 amide bonds. The smallest absolute Gasteiger partial charge is 0.224 e. The van der Waals surface area contributed by atoms with Crippen LogP contribution < -0.4 is 11.1 Å². The number of amides is 1. The minimum Gasteiger partial charge on any atom is -0.397 e. The Labute approximate surface area is 129 Å². The fourth-order valence-corrected chi connectivity index (χ4v) is 3.80. The highest BCUT2D eigenvalue weighted by Gasteiger charge is 2.14. The first-order valence-corrected chi connectivity index (χ1v) is 8.73. The number of halogens is 1. The van der Waals surface area contributed by atoms with Crippen molar-refractivity contribution < 1.29 is 9.18 Å². The number of thioether (sulfide) groups is 1. The fraction of sp³-hybridized carbons (Fsp3) is 0.562. The molecule has 2 rings (SSSR count). The Balaban J connectivity index is 1.60. The molecule has 5 heteroatoms. The zero-order chi connectivity index (χ0) is 15.1. The molecule has 0 atom stereocenters. The maximum Gasteiger partial charge on any atom is 0.224 e. The van der Waals surface area contributed by atoms with Crippen molar-refractivity contribution in [2.45, 2.75) is 38.5 Å². The van der Waals surface area contributed by atoms with E-state index in [9.17, 15) is 9.18 Å². The van der Waals surface area contributed by atoms with Gasteiger partial charge in [0.15, 0.2) is 0 Å². The van der Waals surface area contributed by atoms with Crippen molar-refractivity contribution in [2.75, 3.05) is 22.6 Å². The van der Waals surface area contributed by atoms with Gasteiger partial charge in [-0.25, -0.2) is 4.39 Å². The van der Waals surface area contributed by atoms with E-state index in [1.165, 1.54) is 49.6 Å². The highest BCUT2D eigenvalue weighted by Crippen LogP contribution is 2.28. The third-order valence-electron chi connectivity index (χ3n) is 3.81. The topological polar surface area (TPSA) is 55.1 Å². The van der Waals surface area contributed by atoms with Crippen LogP contribution >= 0.6 is 11.8 Å². The van der Waals surface area contributed by atoms with Gasteiger partial charge >= 0.3 is 0 Å². The summed E-state index contributed by atoms with van der Waals surface area (Å²) < 4.78 is 12.9. The second-order valence-corrected chi connectivity index (χ2v) is 6.76. The van der Waals surface area contributed by atoms with Crippen LogP contribution in [-0.4, -0.2) is 17.4 Å². The molecule has 0 bridgehead atoms. The summed E-state index contributed by atoms with van der Waals surface area (Å²) in [5.41, 5.74) is 6.41. The molecule has 0 aliphatic heterocycles. The van der Waals surface area contributed by atoms with Gasteiger partial charge in [-0.15, -0.1) is 0 Å². The lowest BCUT2D eigenvalue weighted by molar-refractivity contribution is -0.116. The predicted molar refractivity (Wildman–Crippen MR) is 88.0 cm³/mol. The van der Waals surface area contributed by atoms with Crippen LogP contribution in [0.25, 0.3) is 0 Å². The van der Waals surface area contributed by atoms with E-state index in [1.54, 1.807) is 0 Å². The molecule has 1 saturated carbocycles. The van der Waals surface area contributed by atoms with E-state index in [2.05, 4.69) is 5.32 Å². The molecule has 1 aromatic rings. The molecule has 1 aliphatic carbocycles. The number of nitrogens with two attached hydrogens (primary N) is 1. The highest BCUT2D eigenvalue weighted by molar-refractivity contribution is 7.99. The Hall–Kier alpha value is -1.23. The first-order chi connectivity index (χ1) is 10.1. The number of nitrogen functional groups attached to an aromatic ring is 1. The van der Waals surface area contributed by atoms with Crippen LogP contribution in [0.2, 0.25) is 0 Å². The maximum atomic E-state index is 12.9. The van der Waals surface area contributed by atoms with Gasteiger partial charge in [0.1, 0.15) is 5.82 Å². The molecule has 1 aromatic carbocycles. The Morgan fingerprint density at radius 3 is 2.86 bits per heavy atom. The van der Waals surface area contributed by atoms with Crippen molar-refractivity contribution >= 4 is 29.0 Å². The average molecular weight is 310 g/mol. The van der Waals surface area contributed by atoms with Gasteiger partial charge < -0.3 is 11.1 Å². The predicted octanol–water partition coefficient (Wildman–Crippen LogP) is 4.05. The number of carbonyl (C=O) groups is 1. The summed E-state index contributed by atoms with van der Waals surface area (Å²) in [6.45, 7) is 0. The van der Waals surface area contributed by atoms with Crippen LogP contribution in [0.4, 0.5) is 15.8 Å². The zero-order valence-electron chi connectivity index (χ0n) is 12.2. The fourth-order valence-electron chi connectivity index (χ4n) is 2.62. The number of rotatable bonds is 7. The van der Waals surface area contributed by atoms with Gasteiger partial charge in [-0.2, -0.15) is 11.8 Å². The molecule has 0 saturated heterocycles. The summed E-state index contributed by atoms with van der Waals surface area (Å²) >= 11 is 1.95. The third-order valence-corrected chi connectivity index (χ3v) is 5.09. The molecule has 21 heavy (non-hydrogen) atoms. The minimum atomic E-state index is -0.395. The summed E-state index contributed by atoms with van der Waals surface area (Å²) in [7, 11) is 0. The van der Waals surface area contributed by atoms with Crippen LogP contribution in [0.5, 0.6) is 0 Å². The highest BCUT2D eigenvalue weighted by atomic mass is 32.2. The molecule has 1 fully saturated rings. The number of anilines is 2. The lowest BCUT2D eigenvalue weighted by atomic mass is 10.1. The van der Waals surface area contributed by atoms with Crippen molar-refractivity contribution in [1.82, 2.24) is 0 Å². The summed E-state index contributed by atoms with van der Waals surface area (Å²) in [4.78, 5) is 11.8. The van der Waals surface area contributed by atoms with E-state index >= 15 is 0 Å². The van der Waals surface area contributed by atoms with E-state index < -0.39 is 5.82 Å². The number of nitrogens with one attached hydrogen (secondary N) is 1. The molecule has 0 heterocycles. The zero-order valence-corrected chi connectivity index (χ0v) is 13.1. The lowest BCUT2D eigenvalue weighted by Crippen LogP contribution is -2.13. The van der Waals surface area contributed by atoms with Gasteiger partial charge in [0.05, 0.1) is 11.4 Å². The quantitative estimate of drug-likeness (QED) is 0.590. The number of hydrogen-bond donors (Lipinski definition) is 2. The average Bonchev–Trinajstić information content (AvgIpc) is 2.95. The Morgan fingerprint density at radius 2 is 2.14 bits per heavy atom. The lowest BCUT2D eigenvalue weighted by Gasteiger charge is -2.09. The number of hydrogen-bond acceptors (Lipinski definition) is 3. The Morgan fingerprint density at radius 1 is 1.38 bits per heavy atom. The van der Waals surface area contributed by atoms with Gasteiger partial charge in [0, 0.05) is 6.42 Å². The number of benzene rings is 1. The van der Waals surface area contributed by atoms with Crippen molar-refractivity contribution in [1.29, 1.82) is 0 Å². The van der Waals surface area contributed by atoms with Crippen LogP contribution in [-0.2, 0) is 4.79 Å². The van der Waals surface area contributed by atoms with E-state index in [0.717, 1.165) is 18.1 Å². The van der Waals surface area contributed by atoms with Crippen molar-refractivity contribution in [3.8, 4) is 0 Å². The van der Waals surface area contributed by atoms with E-state index in [-0.39, 0.29) is 11.6 Å². The monoisotopic (exact) mass is 310 g/mol. The molecular weight excluding hydrogens is 287 g/mol. The molecule has 0 radical (unpaired) electrons. The summed E-state index contributed by atoms with van der Waals surface area (Å²) in [6, 6.07) is 4.01. The molecular formula is C16H23FN2OS. The first kappa shape index (κ1) is 16.1. The van der Waals surface area contributed by atoms with Gasteiger partial charge in [0.25, 0.3) is 0 Å². The first-order valence-electron chi connectivity index (χ1n) is 7.58. The van der Waals surface area contributed by atoms with Crippen molar-refractivity contribution in [3.05, 3.63) is 24.0 Å². The Kier molecular flexibility index (Phi) is 6.36. The normalized spacial score (nSPS) is 15.3. The van der Waals surface area contributed by atoms with Crippen molar-refractivity contribution in [3.63, 3.8) is 0 Å². The van der Waals surface area contributed by atoms with Gasteiger partial charge in [-0.05, 0) is 54.9 Å². The van der Waals surface area contributed by atoms with Crippen molar-refractivity contribution in [2.24, 2.45) is 5.92 Å². The summed E-state index contributed by atoms with van der Waals surface area (Å²) in [5.74, 6) is 2.68. The summed E-state index contributed by atoms with van der Waals surface area (Å²) in [5, 5.41) is 2.73. The van der Waals surface area contributed by atoms with Crippen LogP contribution in [0.1, 0.15) is 38.5 Å². The third kappa shape index (κ3) is 5.58. The Bertz CT molecular complexity index is 475. The SMILES string of the molecule is Nc1cc(F)ccc1NC(=O)CCCSCC1CCCC1. The van der Waals surface area contributed by atoms with Gasteiger partial charge in [-0.1, -0.05) is 12.8 Å². The second kappa shape index (κ2) is 8.27. The van der Waals surface area contributed by atoms with Gasteiger partial charge in [0.2, 0.25) is 5.91 Å². The van der Waals surface area contributed by atoms with Gasteiger partial charge in [-0.3, -0.25) is 4.79 Å². The molecule has 116 valence electrons. The summed E-state index contributed by atoms with van der Waals surface area (Å²) in [6.07, 6.45) is 6.85.